The molecule has 1 aliphatic carbocycles. The number of carbonyl (C=O) groups excluding carboxylic acids is 1. The molecule has 8 nitrogen and oxygen atoms in total. The van der Waals surface area contributed by atoms with Crippen molar-refractivity contribution in [2.24, 2.45) is 0 Å². The van der Waals surface area contributed by atoms with Crippen LogP contribution in [0.3, 0.4) is 0 Å². The first-order chi connectivity index (χ1) is 11.9. The zero-order valence-corrected chi connectivity index (χ0v) is 14.5. The molecule has 0 atom stereocenters. The van der Waals surface area contributed by atoms with Gasteiger partial charge in [-0.2, -0.15) is 0 Å². The Labute approximate surface area is 146 Å². The van der Waals surface area contributed by atoms with Crippen LogP contribution in [0.2, 0.25) is 0 Å². The maximum absolute atomic E-state index is 12.4. The van der Waals surface area contributed by atoms with Gasteiger partial charge in [0, 0.05) is 18.2 Å². The molecule has 0 unspecified atom stereocenters. The Morgan fingerprint density at radius 3 is 2.64 bits per heavy atom. The van der Waals surface area contributed by atoms with Gasteiger partial charge in [0.05, 0.1) is 11.5 Å². The third kappa shape index (κ3) is 6.11. The van der Waals surface area contributed by atoms with Gasteiger partial charge >= 0.3 is 5.97 Å². The lowest BCUT2D eigenvalue weighted by Gasteiger charge is -2.13. The summed E-state index contributed by atoms with van der Waals surface area (Å²) in [6, 6.07) is 5.75. The molecule has 0 aromatic heterocycles. The fourth-order valence-electron chi connectivity index (χ4n) is 2.63. The van der Waals surface area contributed by atoms with E-state index in [2.05, 4.69) is 10.0 Å². The van der Waals surface area contributed by atoms with Crippen molar-refractivity contribution in [2.45, 2.75) is 36.6 Å². The van der Waals surface area contributed by atoms with E-state index in [4.69, 9.17) is 9.84 Å². The Morgan fingerprint density at radius 1 is 1.24 bits per heavy atom. The highest BCUT2D eigenvalue weighted by Gasteiger charge is 2.23. The first-order valence-corrected chi connectivity index (χ1v) is 9.57. The van der Waals surface area contributed by atoms with Crippen LogP contribution in [-0.2, 0) is 19.6 Å². The molecule has 0 heterocycles. The predicted molar refractivity (Wildman–Crippen MR) is 89.8 cm³/mol. The SMILES string of the molecule is O=C(O)COCCNC(=O)c1cccc(S(=O)(=O)NC2CCCC2)c1. The number of amides is 1. The molecule has 1 aliphatic rings. The third-order valence-corrected chi connectivity index (χ3v) is 5.36. The summed E-state index contributed by atoms with van der Waals surface area (Å²) in [7, 11) is -3.66. The van der Waals surface area contributed by atoms with Crippen LogP contribution in [0.15, 0.2) is 29.2 Å². The summed E-state index contributed by atoms with van der Waals surface area (Å²) in [5.41, 5.74) is 0.215. The number of hydrogen-bond acceptors (Lipinski definition) is 5. The van der Waals surface area contributed by atoms with Crippen molar-refractivity contribution in [1.82, 2.24) is 10.0 Å². The Kier molecular flexibility index (Phi) is 6.91. The van der Waals surface area contributed by atoms with Crippen LogP contribution in [0.4, 0.5) is 0 Å². The van der Waals surface area contributed by atoms with Crippen molar-refractivity contribution in [3.8, 4) is 0 Å². The van der Waals surface area contributed by atoms with Crippen LogP contribution in [0, 0.1) is 0 Å². The van der Waals surface area contributed by atoms with Crippen LogP contribution in [0.5, 0.6) is 0 Å². The molecule has 2 rings (SSSR count). The van der Waals surface area contributed by atoms with Crippen molar-refractivity contribution in [2.75, 3.05) is 19.8 Å². The molecular weight excluding hydrogens is 348 g/mol. The lowest BCUT2D eigenvalue weighted by Crippen LogP contribution is -2.33. The molecular formula is C16H22N2O6S. The molecule has 0 aliphatic heterocycles. The quantitative estimate of drug-likeness (QED) is 0.551. The van der Waals surface area contributed by atoms with E-state index in [1.807, 2.05) is 0 Å². The summed E-state index contributed by atoms with van der Waals surface area (Å²) in [6.07, 6.45) is 3.69. The van der Waals surface area contributed by atoms with Crippen molar-refractivity contribution < 1.29 is 27.9 Å². The normalized spacial score (nSPS) is 15.2. The molecule has 138 valence electrons. The van der Waals surface area contributed by atoms with E-state index in [-0.39, 0.29) is 29.7 Å². The van der Waals surface area contributed by atoms with E-state index < -0.39 is 28.5 Å². The highest BCUT2D eigenvalue weighted by molar-refractivity contribution is 7.89. The lowest BCUT2D eigenvalue weighted by atomic mass is 10.2. The summed E-state index contributed by atoms with van der Waals surface area (Å²) in [5.74, 6) is -1.53. The minimum atomic E-state index is -3.66. The Morgan fingerprint density at radius 2 is 1.96 bits per heavy atom. The zero-order chi connectivity index (χ0) is 18.3. The second-order valence-electron chi connectivity index (χ2n) is 5.83. The molecule has 1 fully saturated rings. The molecule has 1 saturated carbocycles. The molecule has 1 amide bonds. The number of carboxylic acid groups (broad SMARTS) is 1. The van der Waals surface area contributed by atoms with Gasteiger partial charge in [-0.3, -0.25) is 4.79 Å². The van der Waals surface area contributed by atoms with E-state index in [9.17, 15) is 18.0 Å². The van der Waals surface area contributed by atoms with E-state index in [0.29, 0.717) is 0 Å². The van der Waals surface area contributed by atoms with E-state index >= 15 is 0 Å². The third-order valence-electron chi connectivity index (χ3n) is 3.84. The van der Waals surface area contributed by atoms with E-state index in [1.54, 1.807) is 0 Å². The van der Waals surface area contributed by atoms with Crippen molar-refractivity contribution in [3.05, 3.63) is 29.8 Å². The van der Waals surface area contributed by atoms with Crippen LogP contribution in [-0.4, -0.2) is 51.2 Å². The fraction of sp³-hybridized carbons (Fsp3) is 0.500. The Balaban J connectivity index is 1.93. The van der Waals surface area contributed by atoms with Gasteiger partial charge in [0.1, 0.15) is 6.61 Å². The van der Waals surface area contributed by atoms with Crippen LogP contribution < -0.4 is 10.0 Å². The summed E-state index contributed by atoms with van der Waals surface area (Å²) in [6.45, 7) is -0.251. The number of benzene rings is 1. The topological polar surface area (TPSA) is 122 Å². The van der Waals surface area contributed by atoms with Crippen molar-refractivity contribution in [3.63, 3.8) is 0 Å². The molecule has 0 radical (unpaired) electrons. The molecule has 1 aromatic rings. The van der Waals surface area contributed by atoms with Gasteiger partial charge in [0.25, 0.3) is 5.91 Å². The average Bonchev–Trinajstić information content (AvgIpc) is 3.06. The molecule has 0 spiro atoms. The first kappa shape index (κ1) is 19.4. The summed E-state index contributed by atoms with van der Waals surface area (Å²) in [4.78, 5) is 22.4. The van der Waals surface area contributed by atoms with Gasteiger partial charge in [-0.1, -0.05) is 18.9 Å². The summed E-state index contributed by atoms with van der Waals surface area (Å²) >= 11 is 0. The second-order valence-corrected chi connectivity index (χ2v) is 7.55. The number of sulfonamides is 1. The maximum atomic E-state index is 12.4. The van der Waals surface area contributed by atoms with Crippen LogP contribution in [0.1, 0.15) is 36.0 Å². The molecule has 9 heteroatoms. The Hall–Kier alpha value is -1.97. The predicted octanol–water partition coefficient (Wildman–Crippen LogP) is 0.738. The lowest BCUT2D eigenvalue weighted by molar-refractivity contribution is -0.142. The maximum Gasteiger partial charge on any atom is 0.329 e. The number of hydrogen-bond donors (Lipinski definition) is 3. The standard InChI is InChI=1S/C16H22N2O6S/c19-15(20)11-24-9-8-17-16(21)12-4-3-7-14(10-12)25(22,23)18-13-5-1-2-6-13/h3-4,7,10,13,18H,1-2,5-6,8-9,11H2,(H,17,21)(H,19,20). The molecule has 3 N–H and O–H groups in total. The minimum Gasteiger partial charge on any atom is -0.480 e. The van der Waals surface area contributed by atoms with Gasteiger partial charge in [0.2, 0.25) is 10.0 Å². The molecule has 25 heavy (non-hydrogen) atoms. The average molecular weight is 370 g/mol. The second kappa shape index (κ2) is 8.93. The van der Waals surface area contributed by atoms with Gasteiger partial charge < -0.3 is 15.2 Å². The van der Waals surface area contributed by atoms with Gasteiger partial charge in [-0.25, -0.2) is 17.9 Å². The van der Waals surface area contributed by atoms with Crippen molar-refractivity contribution >= 4 is 21.9 Å². The Bertz CT molecular complexity index is 713. The number of ether oxygens (including phenoxy) is 1. The van der Waals surface area contributed by atoms with Gasteiger partial charge in [0.15, 0.2) is 0 Å². The molecule has 0 bridgehead atoms. The number of aliphatic carboxylic acids is 1. The number of nitrogens with one attached hydrogen (secondary N) is 2. The van der Waals surface area contributed by atoms with Gasteiger partial charge in [-0.05, 0) is 31.0 Å². The number of rotatable bonds is 9. The zero-order valence-electron chi connectivity index (χ0n) is 13.7. The monoisotopic (exact) mass is 370 g/mol. The highest BCUT2D eigenvalue weighted by atomic mass is 32.2. The van der Waals surface area contributed by atoms with E-state index in [1.165, 1.54) is 24.3 Å². The number of carbonyl (C=O) groups is 2. The minimum absolute atomic E-state index is 0.0473. The first-order valence-electron chi connectivity index (χ1n) is 8.08. The van der Waals surface area contributed by atoms with Crippen LogP contribution >= 0.6 is 0 Å². The smallest absolute Gasteiger partial charge is 0.329 e. The van der Waals surface area contributed by atoms with Gasteiger partial charge in [-0.15, -0.1) is 0 Å². The van der Waals surface area contributed by atoms with Crippen molar-refractivity contribution in [1.29, 1.82) is 0 Å². The summed E-state index contributed by atoms with van der Waals surface area (Å²) < 4.78 is 32.3. The molecule has 0 saturated heterocycles. The van der Waals surface area contributed by atoms with Crippen LogP contribution in [0.25, 0.3) is 0 Å². The van der Waals surface area contributed by atoms with E-state index in [0.717, 1.165) is 25.7 Å². The fourth-order valence-corrected chi connectivity index (χ4v) is 3.98. The number of carboxylic acids is 1. The largest absolute Gasteiger partial charge is 0.480 e. The molecule has 1 aromatic carbocycles. The summed E-state index contributed by atoms with van der Waals surface area (Å²) in [5, 5.41) is 11.0. The highest BCUT2D eigenvalue weighted by Crippen LogP contribution is 2.20.